The second-order valence-electron chi connectivity index (χ2n) is 6.54. The molecule has 0 aromatic carbocycles. The molecule has 0 aromatic rings. The number of aliphatic hydroxyl groups is 1. The van der Waals surface area contributed by atoms with Crippen LogP contribution in [0.2, 0.25) is 0 Å². The lowest BCUT2D eigenvalue weighted by atomic mass is 9.82. The van der Waals surface area contributed by atoms with E-state index in [-0.39, 0.29) is 6.92 Å². The van der Waals surface area contributed by atoms with E-state index in [4.69, 9.17) is 0 Å². The van der Waals surface area contributed by atoms with Crippen LogP contribution in [0.15, 0.2) is 0 Å². The summed E-state index contributed by atoms with van der Waals surface area (Å²) >= 11 is 0. The van der Waals surface area contributed by atoms with Crippen LogP contribution >= 0.6 is 0 Å². The molecule has 0 radical (unpaired) electrons. The molecule has 1 nitrogen and oxygen atoms in total. The van der Waals surface area contributed by atoms with E-state index in [2.05, 4.69) is 0 Å². The van der Waals surface area contributed by atoms with Crippen LogP contribution in [0.1, 0.15) is 26.7 Å². The number of rotatable bonds is 9. The summed E-state index contributed by atoms with van der Waals surface area (Å²) in [6.07, 6.45) is -10.1. The van der Waals surface area contributed by atoms with Crippen molar-refractivity contribution in [3.05, 3.63) is 0 Å². The third-order valence-electron chi connectivity index (χ3n) is 4.14. The molecule has 0 spiro atoms. The van der Waals surface area contributed by atoms with E-state index in [9.17, 15) is 79.7 Å². The van der Waals surface area contributed by atoms with Gasteiger partial charge in [0.15, 0.2) is 0 Å². The minimum Gasteiger partial charge on any atom is -0.384 e. The van der Waals surface area contributed by atoms with Gasteiger partial charge >= 0.3 is 47.6 Å². The maximum atomic E-state index is 13.7. The van der Waals surface area contributed by atoms with Crippen molar-refractivity contribution in [3.63, 3.8) is 0 Å². The van der Waals surface area contributed by atoms with Crippen LogP contribution in [-0.4, -0.2) is 58.3 Å². The molecular formula is C13H11F17O. The van der Waals surface area contributed by atoms with Crippen LogP contribution < -0.4 is 0 Å². The van der Waals surface area contributed by atoms with Crippen LogP contribution in [0.3, 0.4) is 0 Å². The number of halogens is 17. The minimum atomic E-state index is -8.67. The van der Waals surface area contributed by atoms with Gasteiger partial charge in [-0.2, -0.15) is 74.6 Å². The lowest BCUT2D eigenvalue weighted by Gasteiger charge is -2.45. The lowest BCUT2D eigenvalue weighted by molar-refractivity contribution is -0.466. The van der Waals surface area contributed by atoms with Gasteiger partial charge < -0.3 is 5.11 Å². The van der Waals surface area contributed by atoms with Crippen molar-refractivity contribution in [2.75, 3.05) is 0 Å². The maximum Gasteiger partial charge on any atom is 0.460 e. The Morgan fingerprint density at radius 3 is 0.903 bits per heavy atom. The fourth-order valence-electron chi connectivity index (χ4n) is 2.15. The number of hydrogen-bond acceptors (Lipinski definition) is 1. The van der Waals surface area contributed by atoms with E-state index in [1.807, 2.05) is 0 Å². The molecule has 1 atom stereocenters. The Bertz CT molecular complexity index is 645. The van der Waals surface area contributed by atoms with E-state index in [0.29, 0.717) is 0 Å². The lowest BCUT2D eigenvalue weighted by Crippen LogP contribution is -2.76. The van der Waals surface area contributed by atoms with Crippen LogP contribution in [-0.2, 0) is 0 Å². The molecule has 0 aliphatic rings. The van der Waals surface area contributed by atoms with Crippen molar-refractivity contribution in [1.29, 1.82) is 0 Å². The molecule has 1 unspecified atom stereocenters. The second kappa shape index (κ2) is 7.40. The zero-order chi connectivity index (χ0) is 25.9. The molecule has 0 aromatic heterocycles. The van der Waals surface area contributed by atoms with Crippen molar-refractivity contribution in [2.24, 2.45) is 0 Å². The highest BCUT2D eigenvalue weighted by Gasteiger charge is 2.95. The largest absolute Gasteiger partial charge is 0.460 e. The van der Waals surface area contributed by atoms with Crippen LogP contribution in [0.4, 0.5) is 74.6 Å². The van der Waals surface area contributed by atoms with Crippen LogP contribution in [0, 0.1) is 0 Å². The van der Waals surface area contributed by atoms with E-state index in [1.54, 1.807) is 0 Å². The van der Waals surface area contributed by atoms with E-state index >= 15 is 0 Å². The minimum absolute atomic E-state index is 0.358. The third kappa shape index (κ3) is 3.69. The summed E-state index contributed by atoms with van der Waals surface area (Å²) in [5.74, 6) is -57.1. The summed E-state index contributed by atoms with van der Waals surface area (Å²) in [5.41, 5.74) is -4.38. The fraction of sp³-hybridized carbons (Fsp3) is 1.00. The van der Waals surface area contributed by atoms with Crippen LogP contribution in [0.25, 0.3) is 0 Å². The SMILES string of the molecule is CCCC(C)(O)C(F)(F)C(F)(F)C(F)(F)C(F)(F)C(F)(F)C(F)(F)C(F)(F)C(F)(F)F. The first-order valence-electron chi connectivity index (χ1n) is 7.50. The molecule has 0 heterocycles. The van der Waals surface area contributed by atoms with Crippen LogP contribution in [0.5, 0.6) is 0 Å². The number of hydrogen-bond donors (Lipinski definition) is 1. The second-order valence-corrected chi connectivity index (χ2v) is 6.54. The summed E-state index contributed by atoms with van der Waals surface area (Å²) in [4.78, 5) is 0. The first-order chi connectivity index (χ1) is 13.1. The predicted molar refractivity (Wildman–Crippen MR) is 66.2 cm³/mol. The van der Waals surface area contributed by atoms with Crippen molar-refractivity contribution < 1.29 is 79.7 Å². The Labute approximate surface area is 161 Å². The average Bonchev–Trinajstić information content (AvgIpc) is 2.52. The Balaban J connectivity index is 6.84. The summed E-state index contributed by atoms with van der Waals surface area (Å²) in [6.45, 7) is 0.493. The van der Waals surface area contributed by atoms with Gasteiger partial charge in [-0.3, -0.25) is 0 Å². The summed E-state index contributed by atoms with van der Waals surface area (Å²) in [5, 5.41) is 9.19. The van der Waals surface area contributed by atoms with Gasteiger partial charge in [-0.1, -0.05) is 13.3 Å². The maximum absolute atomic E-state index is 13.7. The highest BCUT2D eigenvalue weighted by atomic mass is 19.4. The van der Waals surface area contributed by atoms with Gasteiger partial charge in [0.25, 0.3) is 0 Å². The predicted octanol–water partition coefficient (Wildman–Crippen LogP) is 6.55. The smallest absolute Gasteiger partial charge is 0.384 e. The van der Waals surface area contributed by atoms with Gasteiger partial charge in [0.2, 0.25) is 0 Å². The highest BCUT2D eigenvalue weighted by molar-refractivity contribution is 5.17. The number of alkyl halides is 17. The Morgan fingerprint density at radius 2 is 0.677 bits per heavy atom. The van der Waals surface area contributed by atoms with Gasteiger partial charge in [-0.05, 0) is 13.3 Å². The van der Waals surface area contributed by atoms with Crippen molar-refractivity contribution in [3.8, 4) is 0 Å². The van der Waals surface area contributed by atoms with Gasteiger partial charge in [-0.15, -0.1) is 0 Å². The Morgan fingerprint density at radius 1 is 0.452 bits per heavy atom. The van der Waals surface area contributed by atoms with Crippen molar-refractivity contribution in [1.82, 2.24) is 0 Å². The molecule has 0 bridgehead atoms. The van der Waals surface area contributed by atoms with Gasteiger partial charge in [-0.25, -0.2) is 0 Å². The molecule has 0 fully saturated rings. The molecule has 0 amide bonds. The first kappa shape index (κ1) is 29.8. The molecule has 1 N–H and O–H groups in total. The zero-order valence-electron chi connectivity index (χ0n) is 14.8. The third-order valence-corrected chi connectivity index (χ3v) is 4.14. The van der Waals surface area contributed by atoms with Gasteiger partial charge in [0.1, 0.15) is 5.60 Å². The van der Waals surface area contributed by atoms with E-state index in [0.717, 1.165) is 6.92 Å². The topological polar surface area (TPSA) is 20.2 Å². The standard InChI is InChI=1S/C13H11F17O/c1-3-4-5(2,31)6(14,15)7(16,17)8(18,19)9(20,21)10(22,23)11(24,25)12(26,27)13(28,29)30/h31H,3-4H2,1-2H3. The summed E-state index contributed by atoms with van der Waals surface area (Å²) in [6, 6.07) is 0. The molecule has 18 heteroatoms. The molecule has 0 saturated heterocycles. The highest BCUT2D eigenvalue weighted by Crippen LogP contribution is 2.64. The molecular weight excluding hydrogens is 495 g/mol. The molecule has 0 rings (SSSR count). The Hall–Kier alpha value is -1.23. The molecule has 0 saturated carbocycles. The Kier molecular flexibility index (Phi) is 7.10. The quantitative estimate of drug-likeness (QED) is 0.352. The molecule has 31 heavy (non-hydrogen) atoms. The average molecular weight is 506 g/mol. The van der Waals surface area contributed by atoms with E-state index in [1.165, 1.54) is 0 Å². The molecule has 0 aliphatic heterocycles. The van der Waals surface area contributed by atoms with Crippen molar-refractivity contribution in [2.45, 2.75) is 79.9 Å². The fourth-order valence-corrected chi connectivity index (χ4v) is 2.15. The van der Waals surface area contributed by atoms with Gasteiger partial charge in [0.05, 0.1) is 0 Å². The van der Waals surface area contributed by atoms with Crippen molar-refractivity contribution >= 4 is 0 Å². The van der Waals surface area contributed by atoms with E-state index < -0.39 is 66.1 Å². The monoisotopic (exact) mass is 506 g/mol. The first-order valence-corrected chi connectivity index (χ1v) is 7.50. The summed E-state index contributed by atoms with van der Waals surface area (Å²) in [7, 11) is 0. The summed E-state index contributed by atoms with van der Waals surface area (Å²) < 4.78 is 222. The molecule has 0 aliphatic carbocycles. The normalized spacial score (nSPS) is 18.2. The molecule has 188 valence electrons. The zero-order valence-corrected chi connectivity index (χ0v) is 14.8. The van der Waals surface area contributed by atoms with Gasteiger partial charge in [0, 0.05) is 0 Å².